The minimum absolute atomic E-state index is 0.131. The van der Waals surface area contributed by atoms with Gasteiger partial charge in [-0.2, -0.15) is 0 Å². The number of thiophene rings is 1. The second-order valence-corrected chi connectivity index (χ2v) is 5.79. The van der Waals surface area contributed by atoms with Gasteiger partial charge in [0.1, 0.15) is 0 Å². The van der Waals surface area contributed by atoms with Crippen LogP contribution in [0.15, 0.2) is 11.4 Å². The van der Waals surface area contributed by atoms with Crippen LogP contribution in [-0.4, -0.2) is 0 Å². The second kappa shape index (κ2) is 3.26. The van der Waals surface area contributed by atoms with E-state index >= 15 is 0 Å². The molecule has 1 aliphatic rings. The smallest absolute Gasteiger partial charge is 0.0976 e. The minimum atomic E-state index is 0.131. The molecule has 13 heavy (non-hydrogen) atoms. The maximum absolute atomic E-state index is 6.09. The molecule has 3 heteroatoms. The molecule has 1 nitrogen and oxygen atoms in total. The summed E-state index contributed by atoms with van der Waals surface area (Å²) in [6.45, 7) is 2.30. The van der Waals surface area contributed by atoms with Gasteiger partial charge < -0.3 is 5.73 Å². The van der Waals surface area contributed by atoms with E-state index in [1.165, 1.54) is 12.8 Å². The summed E-state index contributed by atoms with van der Waals surface area (Å²) in [5, 5.41) is 2.01. The summed E-state index contributed by atoms with van der Waals surface area (Å²) in [4.78, 5) is 0. The van der Waals surface area contributed by atoms with E-state index in [1.54, 1.807) is 11.3 Å². The zero-order valence-electron chi connectivity index (χ0n) is 7.72. The predicted molar refractivity (Wildman–Crippen MR) is 58.2 cm³/mol. The fraction of sp³-hybridized carbons (Fsp3) is 0.600. The van der Waals surface area contributed by atoms with Crippen LogP contribution in [0.2, 0.25) is 4.34 Å². The molecule has 1 aromatic rings. The Morgan fingerprint density at radius 2 is 2.38 bits per heavy atom. The number of nitrogens with two attached hydrogens (primary N) is 1. The lowest BCUT2D eigenvalue weighted by Crippen LogP contribution is -2.14. The van der Waals surface area contributed by atoms with E-state index in [0.29, 0.717) is 5.41 Å². The van der Waals surface area contributed by atoms with Crippen molar-refractivity contribution in [3.05, 3.63) is 21.3 Å². The molecule has 2 N–H and O–H groups in total. The average Bonchev–Trinajstić information content (AvgIpc) is 2.63. The first-order valence-corrected chi connectivity index (χ1v) is 5.85. The molecule has 2 rings (SSSR count). The van der Waals surface area contributed by atoms with Gasteiger partial charge in [0.25, 0.3) is 0 Å². The van der Waals surface area contributed by atoms with Gasteiger partial charge in [-0.25, -0.2) is 0 Å². The lowest BCUT2D eigenvalue weighted by Gasteiger charge is -2.15. The lowest BCUT2D eigenvalue weighted by molar-refractivity contribution is 0.457. The zero-order chi connectivity index (χ0) is 9.47. The maximum Gasteiger partial charge on any atom is 0.0976 e. The summed E-state index contributed by atoms with van der Waals surface area (Å²) in [5.74, 6) is 0. The first-order valence-electron chi connectivity index (χ1n) is 4.59. The van der Waals surface area contributed by atoms with E-state index in [4.69, 9.17) is 17.3 Å². The molecular formula is C10H14ClNS. The minimum Gasteiger partial charge on any atom is -0.324 e. The van der Waals surface area contributed by atoms with Gasteiger partial charge in [-0.3, -0.25) is 0 Å². The third-order valence-electron chi connectivity index (χ3n) is 2.86. The van der Waals surface area contributed by atoms with Crippen molar-refractivity contribution in [2.45, 2.75) is 32.2 Å². The molecule has 0 spiro atoms. The first-order chi connectivity index (χ1) is 6.11. The Balaban J connectivity index is 2.05. The Bertz CT molecular complexity index is 304. The number of hydrogen-bond acceptors (Lipinski definition) is 2. The molecule has 0 amide bonds. The standard InChI is InChI=1S/C10H14ClNS/c1-10(3-4-10)6-8(12)7-2-5-13-9(7)11/h2,5,8H,3-4,6,12H2,1H3. The summed E-state index contributed by atoms with van der Waals surface area (Å²) in [5.41, 5.74) is 7.72. The molecule has 1 saturated carbocycles. The van der Waals surface area contributed by atoms with Crippen molar-refractivity contribution in [1.82, 2.24) is 0 Å². The Labute approximate surface area is 87.9 Å². The summed E-state index contributed by atoms with van der Waals surface area (Å²) < 4.78 is 0.858. The summed E-state index contributed by atoms with van der Waals surface area (Å²) in [6, 6.07) is 2.18. The van der Waals surface area contributed by atoms with Gasteiger partial charge >= 0.3 is 0 Å². The molecule has 1 atom stereocenters. The highest BCUT2D eigenvalue weighted by Gasteiger charge is 2.38. The predicted octanol–water partition coefficient (Wildman–Crippen LogP) is 3.59. The van der Waals surface area contributed by atoms with Crippen LogP contribution in [0.1, 0.15) is 37.8 Å². The van der Waals surface area contributed by atoms with Crippen LogP contribution >= 0.6 is 22.9 Å². The summed E-state index contributed by atoms with van der Waals surface area (Å²) in [7, 11) is 0. The molecule has 1 unspecified atom stereocenters. The van der Waals surface area contributed by atoms with E-state index in [9.17, 15) is 0 Å². The number of hydrogen-bond donors (Lipinski definition) is 1. The fourth-order valence-corrected chi connectivity index (χ4v) is 2.68. The highest BCUT2D eigenvalue weighted by Crippen LogP contribution is 2.51. The van der Waals surface area contributed by atoms with Crippen LogP contribution in [0, 0.1) is 5.41 Å². The van der Waals surface area contributed by atoms with E-state index in [2.05, 4.69) is 6.92 Å². The van der Waals surface area contributed by atoms with Gasteiger partial charge in [-0.05, 0) is 41.7 Å². The Hall–Kier alpha value is -0.0500. The molecule has 0 aromatic carbocycles. The van der Waals surface area contributed by atoms with Crippen LogP contribution in [0.5, 0.6) is 0 Å². The molecule has 1 fully saturated rings. The van der Waals surface area contributed by atoms with Gasteiger partial charge in [0.2, 0.25) is 0 Å². The number of halogens is 1. The molecule has 1 heterocycles. The summed E-state index contributed by atoms with van der Waals surface area (Å²) >= 11 is 7.59. The SMILES string of the molecule is CC1(CC(N)c2ccsc2Cl)CC1. The van der Waals surface area contributed by atoms with Gasteiger partial charge in [0.15, 0.2) is 0 Å². The van der Waals surface area contributed by atoms with Crippen molar-refractivity contribution in [3.8, 4) is 0 Å². The van der Waals surface area contributed by atoms with Crippen LogP contribution in [0.25, 0.3) is 0 Å². The van der Waals surface area contributed by atoms with Gasteiger partial charge in [-0.1, -0.05) is 18.5 Å². The van der Waals surface area contributed by atoms with E-state index < -0.39 is 0 Å². The fourth-order valence-electron chi connectivity index (χ4n) is 1.63. The Kier molecular flexibility index (Phi) is 2.39. The molecule has 1 aliphatic carbocycles. The van der Waals surface area contributed by atoms with Crippen molar-refractivity contribution in [2.24, 2.45) is 11.1 Å². The molecule has 0 bridgehead atoms. The third-order valence-corrected chi connectivity index (χ3v) is 4.06. The third kappa shape index (κ3) is 2.06. The molecule has 72 valence electrons. The van der Waals surface area contributed by atoms with Crippen LogP contribution in [-0.2, 0) is 0 Å². The quantitative estimate of drug-likeness (QED) is 0.820. The van der Waals surface area contributed by atoms with Gasteiger partial charge in [-0.15, -0.1) is 11.3 Å². The van der Waals surface area contributed by atoms with Crippen LogP contribution in [0.3, 0.4) is 0 Å². The molecule has 1 aromatic heterocycles. The Morgan fingerprint density at radius 3 is 2.85 bits per heavy atom. The van der Waals surface area contributed by atoms with E-state index in [0.717, 1.165) is 16.3 Å². The van der Waals surface area contributed by atoms with E-state index in [1.807, 2.05) is 11.4 Å². The molecule has 0 aliphatic heterocycles. The highest BCUT2D eigenvalue weighted by molar-refractivity contribution is 7.14. The van der Waals surface area contributed by atoms with Crippen LogP contribution < -0.4 is 5.73 Å². The Morgan fingerprint density at radius 1 is 1.69 bits per heavy atom. The maximum atomic E-state index is 6.09. The highest BCUT2D eigenvalue weighted by atomic mass is 35.5. The summed E-state index contributed by atoms with van der Waals surface area (Å²) in [6.07, 6.45) is 3.72. The second-order valence-electron chi connectivity index (χ2n) is 4.27. The monoisotopic (exact) mass is 215 g/mol. The van der Waals surface area contributed by atoms with Crippen molar-refractivity contribution in [1.29, 1.82) is 0 Å². The molecular weight excluding hydrogens is 202 g/mol. The van der Waals surface area contributed by atoms with Crippen molar-refractivity contribution >= 4 is 22.9 Å². The van der Waals surface area contributed by atoms with Crippen molar-refractivity contribution < 1.29 is 0 Å². The van der Waals surface area contributed by atoms with Crippen LogP contribution in [0.4, 0.5) is 0 Å². The normalized spacial score (nSPS) is 21.5. The van der Waals surface area contributed by atoms with Gasteiger partial charge in [0, 0.05) is 6.04 Å². The van der Waals surface area contributed by atoms with Crippen molar-refractivity contribution in [3.63, 3.8) is 0 Å². The largest absolute Gasteiger partial charge is 0.324 e. The topological polar surface area (TPSA) is 26.0 Å². The van der Waals surface area contributed by atoms with E-state index in [-0.39, 0.29) is 6.04 Å². The van der Waals surface area contributed by atoms with Gasteiger partial charge in [0.05, 0.1) is 4.34 Å². The molecule has 0 radical (unpaired) electrons. The average molecular weight is 216 g/mol. The number of rotatable bonds is 3. The molecule has 0 saturated heterocycles. The lowest BCUT2D eigenvalue weighted by atomic mass is 9.96. The zero-order valence-corrected chi connectivity index (χ0v) is 9.29. The van der Waals surface area contributed by atoms with Crippen molar-refractivity contribution in [2.75, 3.05) is 0 Å². The first kappa shape index (κ1) is 9.50.